The molecule has 23 heavy (non-hydrogen) atoms. The van der Waals surface area contributed by atoms with Crippen molar-refractivity contribution in [1.82, 2.24) is 14.8 Å². The Bertz CT molecular complexity index is 853. The van der Waals surface area contributed by atoms with Gasteiger partial charge in [0.2, 0.25) is 0 Å². The molecule has 118 valence electrons. The Kier molecular flexibility index (Phi) is 4.94. The quantitative estimate of drug-likeness (QED) is 0.622. The molecule has 4 nitrogen and oxygen atoms in total. The van der Waals surface area contributed by atoms with Gasteiger partial charge in [0.25, 0.3) is 0 Å². The van der Waals surface area contributed by atoms with Crippen LogP contribution in [0.1, 0.15) is 5.56 Å². The van der Waals surface area contributed by atoms with Crippen LogP contribution in [-0.4, -0.2) is 19.9 Å². The molecule has 0 saturated carbocycles. The standard InChI is InChI=1S/C16H13BrClN3OS/c1-21-15(12-8-11(18)6-7-14(12)22)19-20-16(21)23-9-10-4-2-3-5-13(10)17/h2-8,22H,9H2,1H3. The van der Waals surface area contributed by atoms with Crippen LogP contribution in [-0.2, 0) is 12.8 Å². The normalized spacial score (nSPS) is 10.9. The van der Waals surface area contributed by atoms with E-state index in [1.807, 2.05) is 29.8 Å². The lowest BCUT2D eigenvalue weighted by Gasteiger charge is -2.07. The zero-order valence-electron chi connectivity index (χ0n) is 12.2. The summed E-state index contributed by atoms with van der Waals surface area (Å²) in [6, 6.07) is 13.0. The summed E-state index contributed by atoms with van der Waals surface area (Å²) in [5.41, 5.74) is 1.76. The van der Waals surface area contributed by atoms with Gasteiger partial charge >= 0.3 is 0 Å². The Hall–Kier alpha value is -1.50. The number of hydrogen-bond acceptors (Lipinski definition) is 4. The van der Waals surface area contributed by atoms with Crippen LogP contribution in [0.5, 0.6) is 5.75 Å². The van der Waals surface area contributed by atoms with Crippen molar-refractivity contribution in [1.29, 1.82) is 0 Å². The van der Waals surface area contributed by atoms with E-state index < -0.39 is 0 Å². The third-order valence-corrected chi connectivity index (χ3v) is 5.43. The van der Waals surface area contributed by atoms with Crippen LogP contribution in [0.2, 0.25) is 5.02 Å². The molecule has 0 unspecified atom stereocenters. The first-order valence-corrected chi connectivity index (χ1v) is 8.96. The lowest BCUT2D eigenvalue weighted by molar-refractivity contribution is 0.476. The highest BCUT2D eigenvalue weighted by Crippen LogP contribution is 2.33. The minimum atomic E-state index is 0.132. The molecule has 0 radical (unpaired) electrons. The van der Waals surface area contributed by atoms with Crippen LogP contribution in [0.25, 0.3) is 11.4 Å². The van der Waals surface area contributed by atoms with Gasteiger partial charge in [-0.1, -0.05) is 57.5 Å². The summed E-state index contributed by atoms with van der Waals surface area (Å²) in [6.07, 6.45) is 0. The van der Waals surface area contributed by atoms with E-state index in [0.29, 0.717) is 16.4 Å². The van der Waals surface area contributed by atoms with Gasteiger partial charge in [-0.2, -0.15) is 0 Å². The van der Waals surface area contributed by atoms with Crippen molar-refractivity contribution < 1.29 is 5.11 Å². The molecular formula is C16H13BrClN3OS. The Morgan fingerprint density at radius 3 is 2.78 bits per heavy atom. The number of phenols is 1. The molecule has 0 spiro atoms. The number of benzene rings is 2. The first-order valence-electron chi connectivity index (χ1n) is 6.80. The molecular weight excluding hydrogens is 398 g/mol. The van der Waals surface area contributed by atoms with Gasteiger partial charge in [-0.3, -0.25) is 0 Å². The molecule has 0 fully saturated rings. The van der Waals surface area contributed by atoms with E-state index in [9.17, 15) is 5.11 Å². The smallest absolute Gasteiger partial charge is 0.191 e. The fraction of sp³-hybridized carbons (Fsp3) is 0.125. The minimum absolute atomic E-state index is 0.132. The van der Waals surface area contributed by atoms with Crippen molar-refractivity contribution in [3.63, 3.8) is 0 Å². The number of thioether (sulfide) groups is 1. The van der Waals surface area contributed by atoms with E-state index in [1.165, 1.54) is 5.56 Å². The van der Waals surface area contributed by atoms with E-state index in [-0.39, 0.29) is 5.75 Å². The average Bonchev–Trinajstić information content (AvgIpc) is 2.90. The van der Waals surface area contributed by atoms with E-state index in [1.54, 1.807) is 30.0 Å². The topological polar surface area (TPSA) is 50.9 Å². The number of halogens is 2. The van der Waals surface area contributed by atoms with Gasteiger partial charge in [-0.05, 0) is 29.8 Å². The van der Waals surface area contributed by atoms with Crippen LogP contribution in [0.3, 0.4) is 0 Å². The van der Waals surface area contributed by atoms with Crippen molar-refractivity contribution in [3.8, 4) is 17.1 Å². The first kappa shape index (κ1) is 16.4. The maximum Gasteiger partial charge on any atom is 0.191 e. The number of nitrogens with zero attached hydrogens (tertiary/aromatic N) is 3. The van der Waals surface area contributed by atoms with Gasteiger partial charge in [-0.15, -0.1) is 10.2 Å². The van der Waals surface area contributed by atoms with Gasteiger partial charge in [0, 0.05) is 22.3 Å². The number of aromatic hydroxyl groups is 1. The molecule has 3 rings (SSSR count). The second-order valence-corrected chi connectivity index (χ2v) is 7.14. The lowest BCUT2D eigenvalue weighted by Crippen LogP contribution is -1.95. The molecule has 0 aliphatic heterocycles. The molecule has 1 N–H and O–H groups in total. The van der Waals surface area contributed by atoms with Crippen molar-refractivity contribution >= 4 is 39.3 Å². The van der Waals surface area contributed by atoms with Gasteiger partial charge in [0.15, 0.2) is 11.0 Å². The molecule has 0 amide bonds. The van der Waals surface area contributed by atoms with Crippen molar-refractivity contribution in [3.05, 3.63) is 57.5 Å². The van der Waals surface area contributed by atoms with Gasteiger partial charge in [-0.25, -0.2) is 0 Å². The van der Waals surface area contributed by atoms with Gasteiger partial charge in [0.05, 0.1) is 5.56 Å². The molecule has 0 aliphatic rings. The zero-order chi connectivity index (χ0) is 16.4. The Labute approximate surface area is 151 Å². The minimum Gasteiger partial charge on any atom is -0.507 e. The van der Waals surface area contributed by atoms with Crippen LogP contribution in [0.4, 0.5) is 0 Å². The van der Waals surface area contributed by atoms with Crippen LogP contribution in [0, 0.1) is 0 Å². The Morgan fingerprint density at radius 1 is 1.22 bits per heavy atom. The maximum absolute atomic E-state index is 10.0. The summed E-state index contributed by atoms with van der Waals surface area (Å²) in [5.74, 6) is 1.49. The van der Waals surface area contributed by atoms with Crippen molar-refractivity contribution in [2.75, 3.05) is 0 Å². The molecule has 3 aromatic rings. The molecule has 2 aromatic carbocycles. The summed E-state index contributed by atoms with van der Waals surface area (Å²) >= 11 is 11.1. The number of aromatic nitrogens is 3. The van der Waals surface area contributed by atoms with Crippen LogP contribution < -0.4 is 0 Å². The zero-order valence-corrected chi connectivity index (χ0v) is 15.4. The highest BCUT2D eigenvalue weighted by atomic mass is 79.9. The predicted molar refractivity (Wildman–Crippen MR) is 96.8 cm³/mol. The summed E-state index contributed by atoms with van der Waals surface area (Å²) in [4.78, 5) is 0. The number of rotatable bonds is 4. The Balaban J connectivity index is 1.85. The SMILES string of the molecule is Cn1c(SCc2ccccc2Br)nnc1-c1cc(Cl)ccc1O. The second-order valence-electron chi connectivity index (χ2n) is 4.91. The Morgan fingerprint density at radius 2 is 2.00 bits per heavy atom. The summed E-state index contributed by atoms with van der Waals surface area (Å²) in [6.45, 7) is 0. The highest BCUT2D eigenvalue weighted by Gasteiger charge is 2.15. The lowest BCUT2D eigenvalue weighted by atomic mass is 10.2. The van der Waals surface area contributed by atoms with Gasteiger partial charge < -0.3 is 9.67 Å². The highest BCUT2D eigenvalue weighted by molar-refractivity contribution is 9.10. The molecule has 0 atom stereocenters. The van der Waals surface area contributed by atoms with Crippen molar-refractivity contribution in [2.45, 2.75) is 10.9 Å². The molecule has 1 aromatic heterocycles. The molecule has 0 bridgehead atoms. The van der Waals surface area contributed by atoms with E-state index in [2.05, 4.69) is 32.2 Å². The molecule has 0 aliphatic carbocycles. The third kappa shape index (κ3) is 3.54. The second kappa shape index (κ2) is 6.95. The first-order chi connectivity index (χ1) is 11.1. The van der Waals surface area contributed by atoms with Crippen LogP contribution >= 0.6 is 39.3 Å². The fourth-order valence-corrected chi connectivity index (χ4v) is 3.82. The van der Waals surface area contributed by atoms with Crippen molar-refractivity contribution in [2.24, 2.45) is 7.05 Å². The van der Waals surface area contributed by atoms with E-state index in [0.717, 1.165) is 15.4 Å². The molecule has 1 heterocycles. The summed E-state index contributed by atoms with van der Waals surface area (Å²) < 4.78 is 2.93. The number of phenolic OH excluding ortho intramolecular Hbond substituents is 1. The summed E-state index contributed by atoms with van der Waals surface area (Å²) in [7, 11) is 1.87. The summed E-state index contributed by atoms with van der Waals surface area (Å²) in [5, 5.41) is 19.7. The third-order valence-electron chi connectivity index (χ3n) is 3.35. The fourth-order valence-electron chi connectivity index (χ4n) is 2.12. The monoisotopic (exact) mass is 409 g/mol. The molecule has 0 saturated heterocycles. The van der Waals surface area contributed by atoms with Gasteiger partial charge in [0.1, 0.15) is 5.75 Å². The maximum atomic E-state index is 10.0. The average molecular weight is 411 g/mol. The van der Waals surface area contributed by atoms with E-state index >= 15 is 0 Å². The predicted octanol–water partition coefficient (Wildman–Crippen LogP) is 4.90. The van der Waals surface area contributed by atoms with Crippen LogP contribution in [0.15, 0.2) is 52.1 Å². The number of hydrogen-bond donors (Lipinski definition) is 1. The largest absolute Gasteiger partial charge is 0.507 e. The van der Waals surface area contributed by atoms with E-state index in [4.69, 9.17) is 11.6 Å². The molecule has 7 heteroatoms.